The lowest BCUT2D eigenvalue weighted by Crippen LogP contribution is -2.30. The largest absolute Gasteiger partial charge is 0.312 e. The van der Waals surface area contributed by atoms with Crippen LogP contribution in [0.15, 0.2) is 0 Å². The van der Waals surface area contributed by atoms with Crippen LogP contribution in [-0.2, 0) is 6.42 Å². The van der Waals surface area contributed by atoms with Crippen molar-refractivity contribution in [3.8, 4) is 0 Å². The summed E-state index contributed by atoms with van der Waals surface area (Å²) < 4.78 is 0. The summed E-state index contributed by atoms with van der Waals surface area (Å²) in [4.78, 5) is 6.63. The molecule has 0 aliphatic heterocycles. The molecular formula is C18H30N2S. The Kier molecular flexibility index (Phi) is 4.42. The predicted molar refractivity (Wildman–Crippen MR) is 91.0 cm³/mol. The van der Waals surface area contributed by atoms with Gasteiger partial charge in [0.15, 0.2) is 0 Å². The van der Waals surface area contributed by atoms with Crippen molar-refractivity contribution in [3.05, 3.63) is 15.6 Å². The summed E-state index contributed by atoms with van der Waals surface area (Å²) in [5, 5.41) is 4.96. The molecule has 1 N–H and O–H groups in total. The van der Waals surface area contributed by atoms with Crippen LogP contribution in [0.5, 0.6) is 0 Å². The number of rotatable bonds is 3. The van der Waals surface area contributed by atoms with Crippen LogP contribution < -0.4 is 5.32 Å². The molecular weight excluding hydrogens is 276 g/mol. The van der Waals surface area contributed by atoms with E-state index in [9.17, 15) is 0 Å². The highest BCUT2D eigenvalue weighted by molar-refractivity contribution is 7.12. The highest BCUT2D eigenvalue weighted by atomic mass is 32.1. The fraction of sp³-hybridized carbons (Fsp3) is 0.833. The van der Waals surface area contributed by atoms with Crippen molar-refractivity contribution in [1.82, 2.24) is 10.3 Å². The van der Waals surface area contributed by atoms with Crippen molar-refractivity contribution in [2.75, 3.05) is 7.05 Å². The van der Waals surface area contributed by atoms with Crippen LogP contribution in [0.25, 0.3) is 0 Å². The van der Waals surface area contributed by atoms with E-state index in [1.807, 2.05) is 11.3 Å². The third-order valence-corrected chi connectivity index (χ3v) is 6.96. The van der Waals surface area contributed by atoms with Gasteiger partial charge in [-0.25, -0.2) is 4.98 Å². The molecule has 1 atom stereocenters. The Balaban J connectivity index is 1.79. The lowest BCUT2D eigenvalue weighted by atomic mass is 9.76. The van der Waals surface area contributed by atoms with E-state index in [0.717, 1.165) is 18.3 Å². The monoisotopic (exact) mass is 306 g/mol. The molecule has 118 valence electrons. The van der Waals surface area contributed by atoms with Crippen molar-refractivity contribution in [1.29, 1.82) is 0 Å². The Hall–Kier alpha value is -0.410. The molecule has 0 saturated heterocycles. The maximum absolute atomic E-state index is 5.10. The van der Waals surface area contributed by atoms with Crippen molar-refractivity contribution in [3.63, 3.8) is 0 Å². The van der Waals surface area contributed by atoms with Gasteiger partial charge in [-0.15, -0.1) is 11.3 Å². The predicted octanol–water partition coefficient (Wildman–Crippen LogP) is 5.06. The number of nitrogens with one attached hydrogen (secondary N) is 1. The van der Waals surface area contributed by atoms with Crippen LogP contribution in [0, 0.1) is 11.3 Å². The smallest absolute Gasteiger partial charge is 0.0962 e. The molecule has 0 amide bonds. The van der Waals surface area contributed by atoms with Crippen LogP contribution in [0.3, 0.4) is 0 Å². The van der Waals surface area contributed by atoms with Gasteiger partial charge in [-0.1, -0.05) is 27.2 Å². The minimum atomic E-state index is 0.381. The first-order valence-corrected chi connectivity index (χ1v) is 9.51. The van der Waals surface area contributed by atoms with Gasteiger partial charge in [0.1, 0.15) is 0 Å². The second-order valence-electron chi connectivity index (χ2n) is 7.88. The summed E-state index contributed by atoms with van der Waals surface area (Å²) in [5.74, 6) is 1.71. The van der Waals surface area contributed by atoms with Crippen LogP contribution in [0.4, 0.5) is 0 Å². The molecule has 2 aliphatic rings. The van der Waals surface area contributed by atoms with E-state index >= 15 is 0 Å². The van der Waals surface area contributed by atoms with E-state index in [1.165, 1.54) is 54.1 Å². The van der Waals surface area contributed by atoms with Gasteiger partial charge in [0, 0.05) is 16.8 Å². The minimum Gasteiger partial charge on any atom is -0.312 e. The number of nitrogens with zero attached hydrogens (tertiary/aromatic N) is 1. The maximum atomic E-state index is 5.10. The number of aromatic nitrogens is 1. The summed E-state index contributed by atoms with van der Waals surface area (Å²) in [6.07, 6.45) is 9.29. The molecule has 1 heterocycles. The normalized spacial score (nSPS) is 31.9. The molecule has 0 bridgehead atoms. The standard InChI is InChI=1S/C18H30N2S/c1-5-12-6-8-13(9-7-12)17-20-15-11-18(2,3)10-14(19-4)16(15)21-17/h12-14,19H,5-11H2,1-4H3. The van der Waals surface area contributed by atoms with Crippen LogP contribution in [-0.4, -0.2) is 12.0 Å². The lowest BCUT2D eigenvalue weighted by Gasteiger charge is -2.34. The first-order valence-electron chi connectivity index (χ1n) is 8.69. The summed E-state index contributed by atoms with van der Waals surface area (Å²) in [6, 6.07) is 0.516. The molecule has 0 spiro atoms. The molecule has 1 saturated carbocycles. The van der Waals surface area contributed by atoms with Crippen molar-refractivity contribution >= 4 is 11.3 Å². The second kappa shape index (κ2) is 6.00. The van der Waals surface area contributed by atoms with Crippen LogP contribution in [0.2, 0.25) is 0 Å². The number of thiazole rings is 1. The van der Waals surface area contributed by atoms with Crippen LogP contribution in [0.1, 0.15) is 86.8 Å². The van der Waals surface area contributed by atoms with E-state index in [1.54, 1.807) is 0 Å². The van der Waals surface area contributed by atoms with Gasteiger partial charge in [-0.05, 0) is 56.9 Å². The van der Waals surface area contributed by atoms with Gasteiger partial charge in [0.2, 0.25) is 0 Å². The zero-order chi connectivity index (χ0) is 15.0. The number of hydrogen-bond acceptors (Lipinski definition) is 3. The van der Waals surface area contributed by atoms with E-state index in [-0.39, 0.29) is 0 Å². The quantitative estimate of drug-likeness (QED) is 0.844. The van der Waals surface area contributed by atoms with E-state index in [2.05, 4.69) is 33.1 Å². The topological polar surface area (TPSA) is 24.9 Å². The van der Waals surface area contributed by atoms with E-state index < -0.39 is 0 Å². The van der Waals surface area contributed by atoms with Gasteiger partial charge in [0.05, 0.1) is 10.7 Å². The number of hydrogen-bond donors (Lipinski definition) is 1. The molecule has 1 unspecified atom stereocenters. The fourth-order valence-corrected chi connectivity index (χ4v) is 5.54. The summed E-state index contributed by atoms with van der Waals surface area (Å²) in [5.41, 5.74) is 1.77. The minimum absolute atomic E-state index is 0.381. The number of fused-ring (bicyclic) bond motifs is 1. The summed E-state index contributed by atoms with van der Waals surface area (Å²) in [6.45, 7) is 7.10. The Bertz CT molecular complexity index is 483. The molecule has 21 heavy (non-hydrogen) atoms. The Morgan fingerprint density at radius 2 is 1.95 bits per heavy atom. The molecule has 0 aromatic carbocycles. The molecule has 1 fully saturated rings. The van der Waals surface area contributed by atoms with E-state index in [4.69, 9.17) is 4.98 Å². The third-order valence-electron chi connectivity index (χ3n) is 5.59. The van der Waals surface area contributed by atoms with Gasteiger partial charge < -0.3 is 5.32 Å². The van der Waals surface area contributed by atoms with Gasteiger partial charge in [-0.3, -0.25) is 0 Å². The average molecular weight is 307 g/mol. The lowest BCUT2D eigenvalue weighted by molar-refractivity contribution is 0.264. The maximum Gasteiger partial charge on any atom is 0.0962 e. The van der Waals surface area contributed by atoms with Gasteiger partial charge in [-0.2, -0.15) is 0 Å². The highest BCUT2D eigenvalue weighted by Crippen LogP contribution is 2.46. The summed E-state index contributed by atoms with van der Waals surface area (Å²) in [7, 11) is 2.10. The molecule has 0 radical (unpaired) electrons. The molecule has 2 aliphatic carbocycles. The Morgan fingerprint density at radius 3 is 2.57 bits per heavy atom. The average Bonchev–Trinajstić information content (AvgIpc) is 2.88. The summed E-state index contributed by atoms with van der Waals surface area (Å²) >= 11 is 2.01. The third kappa shape index (κ3) is 3.19. The zero-order valence-corrected chi connectivity index (χ0v) is 14.9. The molecule has 2 nitrogen and oxygen atoms in total. The fourth-order valence-electron chi connectivity index (χ4n) is 4.18. The zero-order valence-electron chi connectivity index (χ0n) is 14.0. The van der Waals surface area contributed by atoms with Crippen LogP contribution >= 0.6 is 11.3 Å². The molecule has 1 aromatic heterocycles. The van der Waals surface area contributed by atoms with Gasteiger partial charge in [0.25, 0.3) is 0 Å². The molecule has 3 heteroatoms. The highest BCUT2D eigenvalue weighted by Gasteiger charge is 2.35. The van der Waals surface area contributed by atoms with Crippen molar-refractivity contribution in [2.24, 2.45) is 11.3 Å². The first-order chi connectivity index (χ1) is 10.0. The first kappa shape index (κ1) is 15.5. The van der Waals surface area contributed by atoms with Gasteiger partial charge >= 0.3 is 0 Å². The SMILES string of the molecule is CCC1CCC(c2nc3c(s2)C(NC)CC(C)(C)C3)CC1. The van der Waals surface area contributed by atoms with E-state index in [0.29, 0.717) is 11.5 Å². The Morgan fingerprint density at radius 1 is 1.24 bits per heavy atom. The van der Waals surface area contributed by atoms with Crippen molar-refractivity contribution < 1.29 is 0 Å². The van der Waals surface area contributed by atoms with Crippen molar-refractivity contribution in [2.45, 2.75) is 77.7 Å². The Labute approximate surface area is 133 Å². The molecule has 3 rings (SSSR count). The molecule has 1 aromatic rings. The second-order valence-corrected chi connectivity index (χ2v) is 8.94.